The van der Waals surface area contributed by atoms with Gasteiger partial charge < -0.3 is 9.15 Å². The predicted octanol–water partition coefficient (Wildman–Crippen LogP) is 5.04. The Balaban J connectivity index is 1.68. The van der Waals surface area contributed by atoms with E-state index in [2.05, 4.69) is 5.10 Å². The molecule has 0 atom stereocenters. The number of methoxy groups -OCH3 is 1. The van der Waals surface area contributed by atoms with Crippen LogP contribution in [0.5, 0.6) is 5.75 Å². The third kappa shape index (κ3) is 3.64. The van der Waals surface area contributed by atoms with Gasteiger partial charge in [-0.15, -0.1) is 0 Å². The normalized spacial score (nSPS) is 11.0. The first kappa shape index (κ1) is 17.5. The Labute approximate surface area is 162 Å². The molecule has 2 aromatic carbocycles. The molecule has 0 spiro atoms. The van der Waals surface area contributed by atoms with Gasteiger partial charge in [0.2, 0.25) is 0 Å². The average Bonchev–Trinajstić information content (AvgIpc) is 3.43. The number of carbonyl (C=O) groups is 1. The van der Waals surface area contributed by atoms with Crippen LogP contribution in [0.25, 0.3) is 23.2 Å². The first-order valence-corrected chi connectivity index (χ1v) is 8.80. The summed E-state index contributed by atoms with van der Waals surface area (Å²) in [6.45, 7) is 0. The molecule has 0 fully saturated rings. The Morgan fingerprint density at radius 3 is 2.50 bits per heavy atom. The second-order valence-electron chi connectivity index (χ2n) is 6.12. The molecule has 0 bridgehead atoms. The van der Waals surface area contributed by atoms with Gasteiger partial charge >= 0.3 is 0 Å². The highest BCUT2D eigenvalue weighted by molar-refractivity contribution is 6.10. The Kier molecular flexibility index (Phi) is 4.89. The van der Waals surface area contributed by atoms with Gasteiger partial charge in [0.1, 0.15) is 11.4 Å². The van der Waals surface area contributed by atoms with E-state index in [1.54, 1.807) is 48.5 Å². The van der Waals surface area contributed by atoms with Crippen LogP contribution in [0.4, 0.5) is 0 Å². The van der Waals surface area contributed by atoms with Gasteiger partial charge in [0.05, 0.1) is 24.6 Å². The number of ketones is 1. The van der Waals surface area contributed by atoms with Crippen molar-refractivity contribution in [3.63, 3.8) is 0 Å². The van der Waals surface area contributed by atoms with Crippen molar-refractivity contribution in [2.24, 2.45) is 0 Å². The van der Waals surface area contributed by atoms with Crippen LogP contribution in [-0.4, -0.2) is 22.7 Å². The minimum absolute atomic E-state index is 0.149. The number of ether oxygens (including phenoxy) is 1. The Morgan fingerprint density at radius 1 is 1.04 bits per heavy atom. The molecule has 5 heteroatoms. The molecule has 0 radical (unpaired) electrons. The van der Waals surface area contributed by atoms with Crippen molar-refractivity contribution in [3.8, 4) is 22.9 Å². The van der Waals surface area contributed by atoms with E-state index >= 15 is 0 Å². The predicted molar refractivity (Wildman–Crippen MR) is 108 cm³/mol. The lowest BCUT2D eigenvalue weighted by molar-refractivity contribution is 0.104. The molecule has 28 heavy (non-hydrogen) atoms. The standard InChI is InChI=1S/C23H18N2O3/c1-27-19-12-9-17(10-13-19)11-14-21(26)20-16-25(18-6-3-2-4-7-18)24-23(20)22-8-5-15-28-22/h2-16H,1H3. The van der Waals surface area contributed by atoms with Gasteiger partial charge in [0.15, 0.2) is 11.5 Å². The van der Waals surface area contributed by atoms with Crippen molar-refractivity contribution in [1.29, 1.82) is 0 Å². The van der Waals surface area contributed by atoms with Crippen LogP contribution >= 0.6 is 0 Å². The summed E-state index contributed by atoms with van der Waals surface area (Å²) in [5.41, 5.74) is 2.76. The van der Waals surface area contributed by atoms with E-state index in [0.29, 0.717) is 17.0 Å². The molecule has 138 valence electrons. The molecular formula is C23H18N2O3. The number of benzene rings is 2. The maximum Gasteiger partial charge on any atom is 0.189 e. The molecule has 2 aromatic heterocycles. The lowest BCUT2D eigenvalue weighted by atomic mass is 10.1. The first-order chi connectivity index (χ1) is 13.7. The highest BCUT2D eigenvalue weighted by atomic mass is 16.5. The van der Waals surface area contributed by atoms with Gasteiger partial charge in [-0.25, -0.2) is 4.68 Å². The average molecular weight is 370 g/mol. The maximum absolute atomic E-state index is 12.9. The first-order valence-electron chi connectivity index (χ1n) is 8.80. The smallest absolute Gasteiger partial charge is 0.189 e. The van der Waals surface area contributed by atoms with E-state index in [1.807, 2.05) is 54.6 Å². The second-order valence-corrected chi connectivity index (χ2v) is 6.12. The molecular weight excluding hydrogens is 352 g/mol. The summed E-state index contributed by atoms with van der Waals surface area (Å²) in [7, 11) is 1.62. The summed E-state index contributed by atoms with van der Waals surface area (Å²) >= 11 is 0. The van der Waals surface area contributed by atoms with E-state index in [9.17, 15) is 4.79 Å². The summed E-state index contributed by atoms with van der Waals surface area (Å²) < 4.78 is 12.3. The number of carbonyl (C=O) groups excluding carboxylic acids is 1. The Bertz CT molecular complexity index is 1090. The number of para-hydroxylation sites is 1. The van der Waals surface area contributed by atoms with Gasteiger partial charge in [0, 0.05) is 6.20 Å². The van der Waals surface area contributed by atoms with Crippen LogP contribution in [0.1, 0.15) is 15.9 Å². The molecule has 0 aliphatic rings. The largest absolute Gasteiger partial charge is 0.497 e. The molecule has 5 nitrogen and oxygen atoms in total. The summed E-state index contributed by atoms with van der Waals surface area (Å²) in [5.74, 6) is 1.17. The lowest BCUT2D eigenvalue weighted by Gasteiger charge is -1.99. The fraction of sp³-hybridized carbons (Fsp3) is 0.0435. The zero-order valence-electron chi connectivity index (χ0n) is 15.3. The summed E-state index contributed by atoms with van der Waals surface area (Å²) in [5, 5.41) is 4.57. The van der Waals surface area contributed by atoms with Gasteiger partial charge in [-0.3, -0.25) is 4.79 Å². The molecule has 2 heterocycles. The molecule has 4 rings (SSSR count). The highest BCUT2D eigenvalue weighted by Gasteiger charge is 2.18. The summed E-state index contributed by atoms with van der Waals surface area (Å²) in [4.78, 5) is 12.9. The number of rotatable bonds is 6. The van der Waals surface area contributed by atoms with Crippen molar-refractivity contribution >= 4 is 11.9 Å². The van der Waals surface area contributed by atoms with Crippen molar-refractivity contribution in [2.75, 3.05) is 7.11 Å². The van der Waals surface area contributed by atoms with E-state index < -0.39 is 0 Å². The third-order valence-corrected chi connectivity index (χ3v) is 4.30. The van der Waals surface area contributed by atoms with E-state index in [-0.39, 0.29) is 5.78 Å². The van der Waals surface area contributed by atoms with E-state index in [4.69, 9.17) is 9.15 Å². The van der Waals surface area contributed by atoms with Crippen molar-refractivity contribution in [2.45, 2.75) is 0 Å². The number of nitrogens with zero attached hydrogens (tertiary/aromatic N) is 2. The van der Waals surface area contributed by atoms with Gasteiger partial charge in [0.25, 0.3) is 0 Å². The zero-order chi connectivity index (χ0) is 19.3. The highest BCUT2D eigenvalue weighted by Crippen LogP contribution is 2.25. The fourth-order valence-corrected chi connectivity index (χ4v) is 2.84. The molecule has 0 saturated carbocycles. The molecule has 0 unspecified atom stereocenters. The minimum atomic E-state index is -0.149. The van der Waals surface area contributed by atoms with Crippen LogP contribution in [0.15, 0.2) is 89.7 Å². The van der Waals surface area contributed by atoms with Crippen LogP contribution in [0.2, 0.25) is 0 Å². The molecule has 4 aromatic rings. The van der Waals surface area contributed by atoms with Gasteiger partial charge in [-0.05, 0) is 48.0 Å². The Morgan fingerprint density at radius 2 is 1.82 bits per heavy atom. The van der Waals surface area contributed by atoms with Crippen LogP contribution in [-0.2, 0) is 0 Å². The molecule has 0 saturated heterocycles. The number of hydrogen-bond donors (Lipinski definition) is 0. The van der Waals surface area contributed by atoms with Gasteiger partial charge in [-0.2, -0.15) is 5.10 Å². The van der Waals surface area contributed by atoms with Crippen LogP contribution in [0.3, 0.4) is 0 Å². The SMILES string of the molecule is COc1ccc(C=CC(=O)c2cn(-c3ccccc3)nc2-c2ccco2)cc1. The summed E-state index contributed by atoms with van der Waals surface area (Å²) in [6, 6.07) is 20.7. The molecule has 0 N–H and O–H groups in total. The monoisotopic (exact) mass is 370 g/mol. The van der Waals surface area contributed by atoms with E-state index in [0.717, 1.165) is 17.0 Å². The number of aromatic nitrogens is 2. The van der Waals surface area contributed by atoms with Crippen LogP contribution < -0.4 is 4.74 Å². The molecule has 0 aliphatic carbocycles. The molecule has 0 aliphatic heterocycles. The topological polar surface area (TPSA) is 57.3 Å². The number of furan rings is 1. The zero-order valence-corrected chi connectivity index (χ0v) is 15.3. The maximum atomic E-state index is 12.9. The number of hydrogen-bond acceptors (Lipinski definition) is 4. The third-order valence-electron chi connectivity index (χ3n) is 4.30. The number of allylic oxidation sites excluding steroid dienone is 1. The Hall–Kier alpha value is -3.86. The quantitative estimate of drug-likeness (QED) is 0.352. The van der Waals surface area contributed by atoms with Crippen molar-refractivity contribution < 1.29 is 13.9 Å². The minimum Gasteiger partial charge on any atom is -0.497 e. The van der Waals surface area contributed by atoms with Crippen molar-refractivity contribution in [3.05, 3.63) is 96.4 Å². The van der Waals surface area contributed by atoms with E-state index in [1.165, 1.54) is 0 Å². The molecule has 0 amide bonds. The summed E-state index contributed by atoms with van der Waals surface area (Å²) in [6.07, 6.45) is 6.61. The van der Waals surface area contributed by atoms with Crippen LogP contribution in [0, 0.1) is 0 Å². The lowest BCUT2D eigenvalue weighted by Crippen LogP contribution is -1.95. The van der Waals surface area contributed by atoms with Gasteiger partial charge in [-0.1, -0.05) is 36.4 Å². The fourth-order valence-electron chi connectivity index (χ4n) is 2.84. The van der Waals surface area contributed by atoms with Crippen molar-refractivity contribution in [1.82, 2.24) is 9.78 Å². The second kappa shape index (κ2) is 7.80.